The number of sulfonamides is 1. The minimum Gasteiger partial charge on any atom is -0.270 e. The van der Waals surface area contributed by atoms with E-state index in [9.17, 15) is 8.42 Å². The van der Waals surface area contributed by atoms with E-state index in [0.29, 0.717) is 24.0 Å². The van der Waals surface area contributed by atoms with Gasteiger partial charge in [0.1, 0.15) is 3.70 Å². The fourth-order valence-corrected chi connectivity index (χ4v) is 3.72. The van der Waals surface area contributed by atoms with E-state index in [1.807, 2.05) is 0 Å². The van der Waals surface area contributed by atoms with Crippen LogP contribution in [-0.4, -0.2) is 41.8 Å². The second-order valence-corrected chi connectivity index (χ2v) is 8.03. The van der Waals surface area contributed by atoms with Crippen LogP contribution in [0.25, 0.3) is 0 Å². The van der Waals surface area contributed by atoms with Gasteiger partial charge in [-0.1, -0.05) is 11.6 Å². The lowest BCUT2D eigenvalue weighted by Crippen LogP contribution is -2.40. The van der Waals surface area contributed by atoms with Crippen LogP contribution in [0.4, 0.5) is 0 Å². The minimum atomic E-state index is -3.08. The molecule has 0 amide bonds. The molecule has 0 aromatic carbocycles. The Morgan fingerprint density at radius 2 is 2.33 bits per heavy atom. The quantitative estimate of drug-likeness (QED) is 0.723. The van der Waals surface area contributed by atoms with E-state index in [1.165, 1.54) is 6.26 Å². The summed E-state index contributed by atoms with van der Waals surface area (Å²) in [6, 6.07) is 0. The van der Waals surface area contributed by atoms with E-state index in [4.69, 9.17) is 11.6 Å². The van der Waals surface area contributed by atoms with E-state index in [-0.39, 0.29) is 0 Å². The molecule has 1 aromatic heterocycles. The molecular formula is C10H15ClIN3O2S. The Morgan fingerprint density at radius 1 is 1.61 bits per heavy atom. The van der Waals surface area contributed by atoms with Crippen molar-refractivity contribution in [3.05, 3.63) is 14.9 Å². The molecule has 2 rings (SSSR count). The molecule has 1 aromatic rings. The summed E-state index contributed by atoms with van der Waals surface area (Å²) in [6.45, 7) is 1.92. The molecule has 0 N–H and O–H groups in total. The Morgan fingerprint density at radius 3 is 2.89 bits per heavy atom. The normalized spacial score (nSPS) is 22.3. The lowest BCUT2D eigenvalue weighted by atomic mass is 10.00. The van der Waals surface area contributed by atoms with Crippen LogP contribution < -0.4 is 0 Å². The predicted octanol–water partition coefficient (Wildman–Crippen LogP) is 1.81. The Bertz CT molecular complexity index is 512. The van der Waals surface area contributed by atoms with E-state index < -0.39 is 10.0 Å². The zero-order valence-electron chi connectivity index (χ0n) is 10.0. The van der Waals surface area contributed by atoms with Crippen LogP contribution >= 0.6 is 34.2 Å². The third-order valence-electron chi connectivity index (χ3n) is 3.07. The summed E-state index contributed by atoms with van der Waals surface area (Å²) in [5.74, 6) is 0.306. The van der Waals surface area contributed by atoms with Crippen LogP contribution in [0.3, 0.4) is 0 Å². The van der Waals surface area contributed by atoms with E-state index in [0.717, 1.165) is 23.1 Å². The van der Waals surface area contributed by atoms with Crippen molar-refractivity contribution < 1.29 is 8.42 Å². The molecule has 0 aliphatic carbocycles. The summed E-state index contributed by atoms with van der Waals surface area (Å²) >= 11 is 8.04. The first-order chi connectivity index (χ1) is 8.36. The number of hydrogen-bond acceptors (Lipinski definition) is 3. The summed E-state index contributed by atoms with van der Waals surface area (Å²) in [7, 11) is -3.08. The smallest absolute Gasteiger partial charge is 0.211 e. The third-order valence-corrected chi connectivity index (χ3v) is 5.73. The molecular weight excluding hydrogens is 389 g/mol. The summed E-state index contributed by atoms with van der Waals surface area (Å²) in [5, 5.41) is 4.94. The van der Waals surface area contributed by atoms with Crippen LogP contribution in [0.5, 0.6) is 0 Å². The Balaban J connectivity index is 2.02. The molecule has 2 heterocycles. The highest BCUT2D eigenvalue weighted by Gasteiger charge is 2.26. The Labute approximate surface area is 126 Å². The Kier molecular flexibility index (Phi) is 4.56. The van der Waals surface area contributed by atoms with Crippen molar-refractivity contribution in [2.75, 3.05) is 19.3 Å². The number of aromatic nitrogens is 2. The Hall–Kier alpha value is 0.140. The van der Waals surface area contributed by atoms with E-state index in [2.05, 4.69) is 27.7 Å². The predicted molar refractivity (Wildman–Crippen MR) is 79.1 cm³/mol. The molecule has 1 aliphatic rings. The van der Waals surface area contributed by atoms with Crippen molar-refractivity contribution in [2.45, 2.75) is 19.4 Å². The highest BCUT2D eigenvalue weighted by molar-refractivity contribution is 14.1. The zero-order valence-corrected chi connectivity index (χ0v) is 13.7. The number of piperidine rings is 1. The van der Waals surface area contributed by atoms with Gasteiger partial charge in [-0.05, 0) is 41.4 Å². The summed E-state index contributed by atoms with van der Waals surface area (Å²) < 4.78 is 27.2. The van der Waals surface area contributed by atoms with Gasteiger partial charge in [-0.2, -0.15) is 5.10 Å². The van der Waals surface area contributed by atoms with Crippen molar-refractivity contribution in [1.29, 1.82) is 0 Å². The molecule has 0 saturated carbocycles. The number of nitrogens with zero attached hydrogens (tertiary/aromatic N) is 3. The topological polar surface area (TPSA) is 55.2 Å². The second kappa shape index (κ2) is 5.64. The van der Waals surface area contributed by atoms with Crippen molar-refractivity contribution in [1.82, 2.24) is 14.1 Å². The van der Waals surface area contributed by atoms with Crippen molar-refractivity contribution >= 4 is 44.2 Å². The van der Waals surface area contributed by atoms with Crippen LogP contribution in [0, 0.1) is 9.62 Å². The largest absolute Gasteiger partial charge is 0.270 e. The lowest BCUT2D eigenvalue weighted by Gasteiger charge is -2.30. The molecule has 0 bridgehead atoms. The molecule has 0 spiro atoms. The molecule has 102 valence electrons. The van der Waals surface area contributed by atoms with Crippen molar-refractivity contribution in [2.24, 2.45) is 5.92 Å². The SMILES string of the molecule is CS(=O)(=O)N1CCCC(Cn2cc(Cl)c(I)n2)C1. The van der Waals surface area contributed by atoms with Gasteiger partial charge in [0.2, 0.25) is 10.0 Å². The molecule has 0 radical (unpaired) electrons. The maximum atomic E-state index is 11.5. The highest BCUT2D eigenvalue weighted by Crippen LogP contribution is 2.22. The van der Waals surface area contributed by atoms with Gasteiger partial charge in [-0.3, -0.25) is 4.68 Å². The molecule has 8 heteroatoms. The average molecular weight is 404 g/mol. The third kappa shape index (κ3) is 3.58. The first-order valence-electron chi connectivity index (χ1n) is 5.70. The maximum absolute atomic E-state index is 11.5. The molecule has 1 fully saturated rings. The second-order valence-electron chi connectivity index (χ2n) is 4.62. The monoisotopic (exact) mass is 403 g/mol. The van der Waals surface area contributed by atoms with E-state index in [1.54, 1.807) is 15.2 Å². The van der Waals surface area contributed by atoms with Gasteiger partial charge in [0, 0.05) is 25.8 Å². The summed E-state index contributed by atoms with van der Waals surface area (Å²) in [6.07, 6.45) is 5.00. The van der Waals surface area contributed by atoms with Gasteiger partial charge in [0.25, 0.3) is 0 Å². The average Bonchev–Trinajstić information content (AvgIpc) is 2.57. The van der Waals surface area contributed by atoms with Crippen molar-refractivity contribution in [3.8, 4) is 0 Å². The molecule has 1 saturated heterocycles. The maximum Gasteiger partial charge on any atom is 0.211 e. The summed E-state index contributed by atoms with van der Waals surface area (Å²) in [5.41, 5.74) is 0. The van der Waals surface area contributed by atoms with Crippen LogP contribution in [-0.2, 0) is 16.6 Å². The van der Waals surface area contributed by atoms with Crippen molar-refractivity contribution in [3.63, 3.8) is 0 Å². The number of hydrogen-bond donors (Lipinski definition) is 0. The lowest BCUT2D eigenvalue weighted by molar-refractivity contribution is 0.240. The fraction of sp³-hybridized carbons (Fsp3) is 0.700. The highest BCUT2D eigenvalue weighted by atomic mass is 127. The molecule has 1 atom stereocenters. The first-order valence-corrected chi connectivity index (χ1v) is 9.00. The number of halogens is 2. The van der Waals surface area contributed by atoms with Crippen LogP contribution in [0.1, 0.15) is 12.8 Å². The molecule has 1 aliphatic heterocycles. The fourth-order valence-electron chi connectivity index (χ4n) is 2.21. The summed E-state index contributed by atoms with van der Waals surface area (Å²) in [4.78, 5) is 0. The van der Waals surface area contributed by atoms with Gasteiger partial charge in [0.15, 0.2) is 0 Å². The molecule has 1 unspecified atom stereocenters. The van der Waals surface area contributed by atoms with Crippen LogP contribution in [0.2, 0.25) is 5.02 Å². The minimum absolute atomic E-state index is 0.306. The molecule has 5 nitrogen and oxygen atoms in total. The number of rotatable bonds is 3. The van der Waals surface area contributed by atoms with Gasteiger partial charge >= 0.3 is 0 Å². The van der Waals surface area contributed by atoms with Gasteiger partial charge in [-0.15, -0.1) is 0 Å². The first kappa shape index (κ1) is 14.5. The standard InChI is InChI=1S/C10H15ClIN3O2S/c1-18(16,17)15-4-2-3-8(6-15)5-14-7-9(11)10(12)13-14/h7-8H,2-6H2,1H3. The zero-order chi connectivity index (χ0) is 13.3. The van der Waals surface area contributed by atoms with Gasteiger partial charge in [0.05, 0.1) is 11.3 Å². The van der Waals surface area contributed by atoms with Gasteiger partial charge in [-0.25, -0.2) is 12.7 Å². The van der Waals surface area contributed by atoms with Gasteiger partial charge < -0.3 is 0 Å². The van der Waals surface area contributed by atoms with E-state index >= 15 is 0 Å². The van der Waals surface area contributed by atoms with Crippen LogP contribution in [0.15, 0.2) is 6.20 Å². The molecule has 18 heavy (non-hydrogen) atoms.